The normalized spacial score (nSPS) is 17.2. The van der Waals surface area contributed by atoms with Gasteiger partial charge in [-0.05, 0) is 36.2 Å². The van der Waals surface area contributed by atoms with Gasteiger partial charge in [0.2, 0.25) is 5.91 Å². The van der Waals surface area contributed by atoms with Gasteiger partial charge < -0.3 is 19.5 Å². The van der Waals surface area contributed by atoms with Gasteiger partial charge in [-0.15, -0.1) is 23.1 Å². The van der Waals surface area contributed by atoms with Crippen LogP contribution in [-0.2, 0) is 27.2 Å². The van der Waals surface area contributed by atoms with Crippen molar-refractivity contribution in [2.24, 2.45) is 0 Å². The van der Waals surface area contributed by atoms with Crippen LogP contribution in [0.3, 0.4) is 0 Å². The van der Waals surface area contributed by atoms with E-state index in [0.717, 1.165) is 21.0 Å². The van der Waals surface area contributed by atoms with Gasteiger partial charge in [0, 0.05) is 33.8 Å². The summed E-state index contributed by atoms with van der Waals surface area (Å²) in [6.45, 7) is 0. The van der Waals surface area contributed by atoms with Crippen molar-refractivity contribution in [3.8, 4) is 11.5 Å². The number of hydrogen-bond donors (Lipinski definition) is 1. The van der Waals surface area contributed by atoms with E-state index in [1.165, 1.54) is 30.2 Å². The van der Waals surface area contributed by atoms with Crippen LogP contribution < -0.4 is 14.8 Å². The average Bonchev–Trinajstić information content (AvgIpc) is 3.27. The van der Waals surface area contributed by atoms with Gasteiger partial charge in [0.15, 0.2) is 11.5 Å². The minimum Gasteiger partial charge on any atom is -0.493 e. The molecule has 1 aromatic heterocycles. The smallest absolute Gasteiger partial charge is 0.305 e. The number of nitrogens with zero attached hydrogens (tertiary/aromatic N) is 1. The Labute approximate surface area is 217 Å². The lowest BCUT2D eigenvalue weighted by Crippen LogP contribution is -2.26. The molecular formula is C25H25ClN2O5S2. The van der Waals surface area contributed by atoms with Crippen LogP contribution in [0.4, 0.5) is 5.69 Å². The highest BCUT2D eigenvalue weighted by molar-refractivity contribution is 8.01. The monoisotopic (exact) mass is 532 g/mol. The number of halogens is 1. The lowest BCUT2D eigenvalue weighted by Gasteiger charge is -2.23. The van der Waals surface area contributed by atoms with E-state index >= 15 is 0 Å². The second kappa shape index (κ2) is 11.3. The fourth-order valence-electron chi connectivity index (χ4n) is 3.92. The molecule has 0 bridgehead atoms. The third kappa shape index (κ3) is 5.74. The van der Waals surface area contributed by atoms with Crippen molar-refractivity contribution in [1.29, 1.82) is 0 Å². The molecule has 0 radical (unpaired) electrons. The van der Waals surface area contributed by atoms with E-state index in [0.29, 0.717) is 41.5 Å². The molecule has 1 aliphatic heterocycles. The number of para-hydroxylation sites is 1. The van der Waals surface area contributed by atoms with Gasteiger partial charge in [-0.1, -0.05) is 23.7 Å². The molecule has 1 aliphatic rings. The highest BCUT2D eigenvalue weighted by Crippen LogP contribution is 2.50. The van der Waals surface area contributed by atoms with Gasteiger partial charge in [0.1, 0.15) is 0 Å². The summed E-state index contributed by atoms with van der Waals surface area (Å²) in [5, 5.41) is 3.82. The Balaban J connectivity index is 1.67. The number of benzene rings is 2. The first-order chi connectivity index (χ1) is 16.9. The number of nitrogens with one attached hydrogen (secondary N) is 1. The second-order valence-electron chi connectivity index (χ2n) is 7.81. The van der Waals surface area contributed by atoms with Crippen molar-refractivity contribution in [3.05, 3.63) is 68.6 Å². The number of thioether (sulfide) groups is 1. The van der Waals surface area contributed by atoms with Crippen molar-refractivity contribution in [3.63, 3.8) is 0 Å². The van der Waals surface area contributed by atoms with E-state index in [1.54, 1.807) is 26.5 Å². The van der Waals surface area contributed by atoms with Gasteiger partial charge >= 0.3 is 5.97 Å². The number of carbonyl (C=O) groups is 2. The SMILES string of the molecule is COC(=O)CCc1cnc(CC2SC(c3cccc(OC)c3OC)c3cc(Cl)ccc3NC2=O)s1. The Kier molecular flexibility index (Phi) is 8.20. The van der Waals surface area contributed by atoms with Crippen LogP contribution in [0, 0.1) is 0 Å². The van der Waals surface area contributed by atoms with Crippen LogP contribution in [0.1, 0.15) is 32.7 Å². The van der Waals surface area contributed by atoms with Crippen LogP contribution in [0.5, 0.6) is 11.5 Å². The number of amides is 1. The minimum atomic E-state index is -0.415. The van der Waals surface area contributed by atoms with E-state index in [4.69, 9.17) is 25.8 Å². The van der Waals surface area contributed by atoms with E-state index in [9.17, 15) is 9.59 Å². The molecule has 0 spiro atoms. The largest absolute Gasteiger partial charge is 0.493 e. The highest BCUT2D eigenvalue weighted by atomic mass is 35.5. The number of aryl methyl sites for hydroxylation is 1. The number of methoxy groups -OCH3 is 3. The maximum atomic E-state index is 13.3. The number of esters is 1. The van der Waals surface area contributed by atoms with Crippen molar-refractivity contribution in [2.45, 2.75) is 29.8 Å². The number of fused-ring (bicyclic) bond motifs is 1. The maximum absolute atomic E-state index is 13.3. The highest BCUT2D eigenvalue weighted by Gasteiger charge is 2.34. The number of rotatable bonds is 8. The van der Waals surface area contributed by atoms with E-state index < -0.39 is 5.25 Å². The Morgan fingerprint density at radius 1 is 1.14 bits per heavy atom. The first-order valence-corrected chi connectivity index (χ1v) is 13.0. The van der Waals surface area contributed by atoms with Gasteiger partial charge in [0.05, 0.1) is 43.3 Å². The Hall–Kier alpha value is -2.75. The molecule has 2 unspecified atom stereocenters. The van der Waals surface area contributed by atoms with Gasteiger partial charge in [-0.3, -0.25) is 9.59 Å². The van der Waals surface area contributed by atoms with Crippen molar-refractivity contribution in [2.75, 3.05) is 26.6 Å². The molecule has 1 amide bonds. The topological polar surface area (TPSA) is 86.8 Å². The number of thiazole rings is 1. The molecule has 10 heteroatoms. The number of aromatic nitrogens is 1. The summed E-state index contributed by atoms with van der Waals surface area (Å²) >= 11 is 9.40. The summed E-state index contributed by atoms with van der Waals surface area (Å²) in [5.41, 5.74) is 2.49. The second-order valence-corrected chi connectivity index (χ2v) is 10.8. The lowest BCUT2D eigenvalue weighted by molar-refractivity contribution is -0.140. The summed E-state index contributed by atoms with van der Waals surface area (Å²) in [5.74, 6) is 0.870. The molecule has 2 heterocycles. The molecule has 4 rings (SSSR count). The van der Waals surface area contributed by atoms with E-state index in [1.807, 2.05) is 30.3 Å². The summed E-state index contributed by atoms with van der Waals surface area (Å²) in [4.78, 5) is 30.2. The van der Waals surface area contributed by atoms with Gasteiger partial charge in [-0.25, -0.2) is 4.98 Å². The van der Waals surface area contributed by atoms with Crippen molar-refractivity contribution >= 4 is 52.3 Å². The molecule has 0 fully saturated rings. The molecule has 7 nitrogen and oxygen atoms in total. The molecule has 0 aliphatic carbocycles. The third-order valence-electron chi connectivity index (χ3n) is 5.63. The average molecular weight is 533 g/mol. The molecule has 0 saturated carbocycles. The van der Waals surface area contributed by atoms with E-state index in [-0.39, 0.29) is 17.1 Å². The summed E-state index contributed by atoms with van der Waals surface area (Å²) in [7, 11) is 4.58. The van der Waals surface area contributed by atoms with Crippen molar-refractivity contribution in [1.82, 2.24) is 4.98 Å². The standard InChI is InChI=1S/C25H25ClN2O5S2/c1-31-19-6-4-5-16(23(19)33-3)24-17-11-14(26)7-9-18(17)28-25(30)20(35-24)12-21-27-13-15(34-21)8-10-22(29)32-2/h4-7,9,11,13,20,24H,8,10,12H2,1-3H3,(H,28,30). The van der Waals surface area contributed by atoms with Crippen LogP contribution in [0.25, 0.3) is 0 Å². The molecule has 1 N–H and O–H groups in total. The predicted octanol–water partition coefficient (Wildman–Crippen LogP) is 5.31. The molecule has 184 valence electrons. The summed E-state index contributed by atoms with van der Waals surface area (Å²) in [6, 6.07) is 11.2. The Morgan fingerprint density at radius 3 is 2.71 bits per heavy atom. The minimum absolute atomic E-state index is 0.103. The fraction of sp³-hybridized carbons (Fsp3) is 0.320. The fourth-order valence-corrected chi connectivity index (χ4v) is 6.61. The van der Waals surface area contributed by atoms with Gasteiger partial charge in [0.25, 0.3) is 0 Å². The molecule has 2 atom stereocenters. The first-order valence-electron chi connectivity index (χ1n) is 10.9. The third-order valence-corrected chi connectivity index (χ3v) is 8.43. The van der Waals surface area contributed by atoms with Crippen LogP contribution in [-0.4, -0.2) is 43.4 Å². The molecule has 0 saturated heterocycles. The van der Waals surface area contributed by atoms with Crippen molar-refractivity contribution < 1.29 is 23.8 Å². The van der Waals surface area contributed by atoms with Crippen LogP contribution in [0.2, 0.25) is 5.02 Å². The molecule has 35 heavy (non-hydrogen) atoms. The molecule has 2 aromatic carbocycles. The Bertz CT molecular complexity index is 1230. The maximum Gasteiger partial charge on any atom is 0.305 e. The summed E-state index contributed by atoms with van der Waals surface area (Å²) < 4.78 is 16.0. The van der Waals surface area contributed by atoms with E-state index in [2.05, 4.69) is 10.3 Å². The van der Waals surface area contributed by atoms with Gasteiger partial charge in [-0.2, -0.15) is 0 Å². The zero-order chi connectivity index (χ0) is 24.9. The van der Waals surface area contributed by atoms with Crippen LogP contribution >= 0.6 is 34.7 Å². The predicted molar refractivity (Wildman–Crippen MR) is 139 cm³/mol. The summed E-state index contributed by atoms with van der Waals surface area (Å²) in [6.07, 6.45) is 3.07. The quantitative estimate of drug-likeness (QED) is 0.394. The first kappa shape index (κ1) is 25.3. The van der Waals surface area contributed by atoms with Crippen LogP contribution in [0.15, 0.2) is 42.6 Å². The molecular weight excluding hydrogens is 508 g/mol. The zero-order valence-corrected chi connectivity index (χ0v) is 21.9. The lowest BCUT2D eigenvalue weighted by atomic mass is 10.0. The number of carbonyl (C=O) groups excluding carboxylic acids is 2. The zero-order valence-electron chi connectivity index (χ0n) is 19.5. The number of anilines is 1. The Morgan fingerprint density at radius 2 is 1.97 bits per heavy atom. The molecule has 3 aromatic rings. The number of hydrogen-bond acceptors (Lipinski definition) is 8. The number of ether oxygens (including phenoxy) is 3.